The van der Waals surface area contributed by atoms with Crippen molar-refractivity contribution in [3.05, 3.63) is 58.2 Å². The molecule has 0 aliphatic carbocycles. The number of hydrogen-bond donors (Lipinski definition) is 1. The third-order valence-electron chi connectivity index (χ3n) is 3.28. The van der Waals surface area contributed by atoms with Gasteiger partial charge in [0.2, 0.25) is 0 Å². The molecule has 0 bridgehead atoms. The summed E-state index contributed by atoms with van der Waals surface area (Å²) in [5, 5.41) is 7.98. The minimum absolute atomic E-state index is 0.123. The fraction of sp³-hybridized carbons (Fsp3) is 0.143. The van der Waals surface area contributed by atoms with E-state index < -0.39 is 11.7 Å². The smallest absolute Gasteiger partial charge is 0.305 e. The molecule has 1 aliphatic heterocycles. The fourth-order valence-corrected chi connectivity index (χ4v) is 2.52. The average molecular weight is 312 g/mol. The van der Waals surface area contributed by atoms with Gasteiger partial charge in [-0.05, 0) is 11.6 Å². The SMILES string of the molecule is N=C1c2ccccc2CN1c1ncc(C(F)(F)F)cc1Cl. The number of anilines is 1. The molecule has 0 fully saturated rings. The molecule has 0 atom stereocenters. The Bertz CT molecular complexity index is 728. The van der Waals surface area contributed by atoms with Crippen LogP contribution in [0.3, 0.4) is 0 Å². The summed E-state index contributed by atoms with van der Waals surface area (Å²) in [7, 11) is 0. The number of fused-ring (bicyclic) bond motifs is 1. The molecule has 1 N–H and O–H groups in total. The summed E-state index contributed by atoms with van der Waals surface area (Å²) in [5.74, 6) is 0.339. The average Bonchev–Trinajstić information content (AvgIpc) is 2.75. The van der Waals surface area contributed by atoms with Gasteiger partial charge in [0.05, 0.1) is 17.1 Å². The number of hydrogen-bond acceptors (Lipinski definition) is 2. The molecule has 21 heavy (non-hydrogen) atoms. The molecule has 2 aromatic rings. The minimum Gasteiger partial charge on any atom is -0.305 e. The number of alkyl halides is 3. The summed E-state index contributed by atoms with van der Waals surface area (Å²) in [4.78, 5) is 5.29. The van der Waals surface area contributed by atoms with E-state index in [1.807, 2.05) is 12.1 Å². The van der Waals surface area contributed by atoms with Crippen LogP contribution >= 0.6 is 11.6 Å². The van der Waals surface area contributed by atoms with E-state index >= 15 is 0 Å². The van der Waals surface area contributed by atoms with Gasteiger partial charge in [-0.25, -0.2) is 4.98 Å². The Labute approximate surface area is 123 Å². The molecule has 1 aliphatic rings. The van der Waals surface area contributed by atoms with Crippen LogP contribution in [-0.4, -0.2) is 10.8 Å². The minimum atomic E-state index is -4.49. The largest absolute Gasteiger partial charge is 0.417 e. The molecule has 2 heterocycles. The molecule has 0 unspecified atom stereocenters. The van der Waals surface area contributed by atoms with Crippen molar-refractivity contribution in [3.63, 3.8) is 0 Å². The van der Waals surface area contributed by atoms with E-state index in [1.165, 1.54) is 4.90 Å². The van der Waals surface area contributed by atoms with Crippen LogP contribution in [0.5, 0.6) is 0 Å². The van der Waals surface area contributed by atoms with E-state index in [4.69, 9.17) is 17.0 Å². The van der Waals surface area contributed by atoms with Crippen molar-refractivity contribution in [2.24, 2.45) is 0 Å². The monoisotopic (exact) mass is 311 g/mol. The predicted molar refractivity (Wildman–Crippen MR) is 73.7 cm³/mol. The van der Waals surface area contributed by atoms with Crippen LogP contribution in [0.15, 0.2) is 36.5 Å². The van der Waals surface area contributed by atoms with Gasteiger partial charge in [-0.15, -0.1) is 0 Å². The highest BCUT2D eigenvalue weighted by Gasteiger charge is 2.33. The molecule has 1 aromatic heterocycles. The standard InChI is InChI=1S/C14H9ClF3N3/c15-11-5-9(14(16,17)18)6-20-13(11)21-7-8-3-1-2-4-10(8)12(21)19/h1-6,19H,7H2. The molecule has 3 nitrogen and oxygen atoms in total. The summed E-state index contributed by atoms with van der Waals surface area (Å²) < 4.78 is 37.8. The van der Waals surface area contributed by atoms with Gasteiger partial charge in [-0.2, -0.15) is 13.2 Å². The Balaban J connectivity index is 1.98. The zero-order chi connectivity index (χ0) is 15.2. The second-order valence-corrected chi connectivity index (χ2v) is 5.03. The van der Waals surface area contributed by atoms with Crippen LogP contribution in [0.1, 0.15) is 16.7 Å². The van der Waals surface area contributed by atoms with E-state index in [9.17, 15) is 13.2 Å². The Morgan fingerprint density at radius 3 is 2.57 bits per heavy atom. The molecule has 0 spiro atoms. The van der Waals surface area contributed by atoms with Crippen molar-refractivity contribution in [1.82, 2.24) is 4.98 Å². The number of nitrogens with one attached hydrogen (secondary N) is 1. The number of amidine groups is 1. The molecule has 7 heteroatoms. The van der Waals surface area contributed by atoms with E-state index in [1.54, 1.807) is 12.1 Å². The van der Waals surface area contributed by atoms with Gasteiger partial charge in [-0.3, -0.25) is 5.41 Å². The maximum atomic E-state index is 12.6. The fourth-order valence-electron chi connectivity index (χ4n) is 2.25. The number of pyridine rings is 1. The molecule has 3 rings (SSSR count). The zero-order valence-electron chi connectivity index (χ0n) is 10.6. The van der Waals surface area contributed by atoms with Gasteiger partial charge in [0.15, 0.2) is 5.82 Å². The number of halogens is 4. The van der Waals surface area contributed by atoms with Gasteiger partial charge in [0.25, 0.3) is 0 Å². The lowest BCUT2D eigenvalue weighted by Crippen LogP contribution is -2.24. The van der Waals surface area contributed by atoms with Gasteiger partial charge in [0.1, 0.15) is 5.84 Å². The number of benzene rings is 1. The molecule has 1 aromatic carbocycles. The normalized spacial score (nSPS) is 14.5. The summed E-state index contributed by atoms with van der Waals surface area (Å²) in [6.45, 7) is 0.368. The van der Waals surface area contributed by atoms with E-state index in [-0.39, 0.29) is 16.7 Å². The van der Waals surface area contributed by atoms with Gasteiger partial charge >= 0.3 is 6.18 Å². The Hall–Kier alpha value is -2.08. The first-order chi connectivity index (χ1) is 9.88. The number of rotatable bonds is 1. The van der Waals surface area contributed by atoms with Crippen LogP contribution in [0.2, 0.25) is 5.02 Å². The molecule has 0 radical (unpaired) electrons. The van der Waals surface area contributed by atoms with Crippen molar-refractivity contribution < 1.29 is 13.2 Å². The molecule has 0 saturated heterocycles. The first-order valence-corrected chi connectivity index (χ1v) is 6.43. The summed E-state index contributed by atoms with van der Waals surface area (Å²) >= 11 is 5.92. The predicted octanol–water partition coefficient (Wildman–Crippen LogP) is 4.10. The summed E-state index contributed by atoms with van der Waals surface area (Å²) in [6.07, 6.45) is -3.76. The van der Waals surface area contributed by atoms with Crippen molar-refractivity contribution >= 4 is 23.3 Å². The Morgan fingerprint density at radius 2 is 1.95 bits per heavy atom. The van der Waals surface area contributed by atoms with E-state index in [2.05, 4.69) is 4.98 Å². The number of nitrogens with zero attached hydrogens (tertiary/aromatic N) is 2. The molecule has 0 amide bonds. The van der Waals surface area contributed by atoms with E-state index in [0.29, 0.717) is 6.54 Å². The van der Waals surface area contributed by atoms with Crippen LogP contribution in [0.4, 0.5) is 19.0 Å². The maximum absolute atomic E-state index is 12.6. The lowest BCUT2D eigenvalue weighted by molar-refractivity contribution is -0.137. The maximum Gasteiger partial charge on any atom is 0.417 e. The lowest BCUT2D eigenvalue weighted by Gasteiger charge is -2.19. The van der Waals surface area contributed by atoms with Crippen molar-refractivity contribution in [2.75, 3.05) is 4.90 Å². The topological polar surface area (TPSA) is 40.0 Å². The second kappa shape index (κ2) is 4.73. The van der Waals surface area contributed by atoms with Crippen molar-refractivity contribution in [1.29, 1.82) is 5.41 Å². The zero-order valence-corrected chi connectivity index (χ0v) is 11.3. The molecule has 0 saturated carbocycles. The Morgan fingerprint density at radius 1 is 1.24 bits per heavy atom. The van der Waals surface area contributed by atoms with E-state index in [0.717, 1.165) is 23.4 Å². The van der Waals surface area contributed by atoms with Crippen LogP contribution < -0.4 is 4.90 Å². The van der Waals surface area contributed by atoms with Crippen molar-refractivity contribution in [2.45, 2.75) is 12.7 Å². The summed E-state index contributed by atoms with van der Waals surface area (Å²) in [5.41, 5.74) is 0.745. The third kappa shape index (κ3) is 2.35. The molecular formula is C14H9ClF3N3. The highest BCUT2D eigenvalue weighted by atomic mass is 35.5. The Kier molecular flexibility index (Phi) is 3.13. The highest BCUT2D eigenvalue weighted by molar-refractivity contribution is 6.34. The third-order valence-corrected chi connectivity index (χ3v) is 3.55. The molecular weight excluding hydrogens is 303 g/mol. The van der Waals surface area contributed by atoms with Gasteiger partial charge in [0, 0.05) is 11.8 Å². The van der Waals surface area contributed by atoms with Gasteiger partial charge in [-0.1, -0.05) is 35.9 Å². The van der Waals surface area contributed by atoms with Gasteiger partial charge < -0.3 is 4.90 Å². The highest BCUT2D eigenvalue weighted by Crippen LogP contribution is 2.36. The van der Waals surface area contributed by atoms with Crippen LogP contribution in [0, 0.1) is 5.41 Å². The van der Waals surface area contributed by atoms with Crippen LogP contribution in [-0.2, 0) is 12.7 Å². The lowest BCUT2D eigenvalue weighted by atomic mass is 10.1. The molecule has 108 valence electrons. The number of aromatic nitrogens is 1. The first-order valence-electron chi connectivity index (χ1n) is 6.05. The second-order valence-electron chi connectivity index (χ2n) is 4.62. The summed E-state index contributed by atoms with van der Waals surface area (Å²) in [6, 6.07) is 8.13. The first kappa shape index (κ1) is 13.9. The quantitative estimate of drug-likeness (QED) is 0.861. The van der Waals surface area contributed by atoms with Crippen molar-refractivity contribution in [3.8, 4) is 0 Å². The van der Waals surface area contributed by atoms with Crippen LogP contribution in [0.25, 0.3) is 0 Å².